The largest absolute Gasteiger partial charge is 0.367 e. The van der Waals surface area contributed by atoms with Crippen molar-refractivity contribution in [1.82, 2.24) is 0 Å². The molecule has 5 heteroatoms. The van der Waals surface area contributed by atoms with Gasteiger partial charge in [0.1, 0.15) is 0 Å². The number of hydrogen-bond donors (Lipinski definition) is 1. The van der Waals surface area contributed by atoms with Crippen LogP contribution in [0.1, 0.15) is 46.5 Å². The summed E-state index contributed by atoms with van der Waals surface area (Å²) in [6, 6.07) is 0. The van der Waals surface area contributed by atoms with E-state index in [1.54, 1.807) is 0 Å². The normalized spacial score (nSPS) is 16.4. The van der Waals surface area contributed by atoms with Crippen LogP contribution in [0.5, 0.6) is 0 Å². The molecular formula is C11H24O4S. The summed E-state index contributed by atoms with van der Waals surface area (Å²) in [5.74, 6) is 0.958. The Hall–Kier alpha value is -0.130. The standard InChI is InChI=1S/C11H24O4S/c1-9(2)6-5-7-10(3)8-11(12)15-16(4,13)14/h9-12H,5-8H2,1-4H3. The first-order valence-electron chi connectivity index (χ1n) is 5.77. The fourth-order valence-corrected chi connectivity index (χ4v) is 2.06. The minimum absolute atomic E-state index is 0.274. The molecule has 0 aliphatic rings. The van der Waals surface area contributed by atoms with Crippen LogP contribution in [0.25, 0.3) is 0 Å². The summed E-state index contributed by atoms with van der Waals surface area (Å²) >= 11 is 0. The first-order valence-corrected chi connectivity index (χ1v) is 7.58. The summed E-state index contributed by atoms with van der Waals surface area (Å²) in [5, 5.41) is 9.36. The summed E-state index contributed by atoms with van der Waals surface area (Å²) in [6.45, 7) is 6.34. The molecule has 0 saturated carbocycles. The lowest BCUT2D eigenvalue weighted by Crippen LogP contribution is -2.19. The summed E-state index contributed by atoms with van der Waals surface area (Å²) in [4.78, 5) is 0. The molecule has 0 heterocycles. The third-order valence-corrected chi connectivity index (χ3v) is 2.94. The molecule has 0 spiro atoms. The number of aliphatic hydroxyl groups excluding tert-OH is 1. The molecule has 4 nitrogen and oxygen atoms in total. The Bertz CT molecular complexity index is 272. The van der Waals surface area contributed by atoms with E-state index >= 15 is 0 Å². The van der Waals surface area contributed by atoms with Gasteiger partial charge >= 0.3 is 0 Å². The minimum Gasteiger partial charge on any atom is -0.367 e. The van der Waals surface area contributed by atoms with E-state index in [0.717, 1.165) is 25.5 Å². The Morgan fingerprint density at radius 3 is 2.19 bits per heavy atom. The van der Waals surface area contributed by atoms with Crippen LogP contribution < -0.4 is 0 Å². The summed E-state index contributed by atoms with van der Waals surface area (Å²) in [5.41, 5.74) is 0. The molecule has 0 rings (SSSR count). The molecule has 0 aromatic heterocycles. The van der Waals surface area contributed by atoms with E-state index in [1.165, 1.54) is 0 Å². The van der Waals surface area contributed by atoms with Crippen LogP contribution >= 0.6 is 0 Å². The fourth-order valence-electron chi connectivity index (χ4n) is 1.58. The molecule has 0 aromatic carbocycles. The zero-order valence-electron chi connectivity index (χ0n) is 10.6. The lowest BCUT2D eigenvalue weighted by Gasteiger charge is -2.16. The van der Waals surface area contributed by atoms with Gasteiger partial charge in [0.05, 0.1) is 6.26 Å². The molecule has 0 aliphatic heterocycles. The van der Waals surface area contributed by atoms with Crippen molar-refractivity contribution in [2.75, 3.05) is 6.26 Å². The Morgan fingerprint density at radius 1 is 1.19 bits per heavy atom. The van der Waals surface area contributed by atoms with Crippen molar-refractivity contribution < 1.29 is 17.7 Å². The Kier molecular flexibility index (Phi) is 7.19. The van der Waals surface area contributed by atoms with Crippen molar-refractivity contribution >= 4 is 10.1 Å². The second-order valence-corrected chi connectivity index (χ2v) is 6.52. The average Bonchev–Trinajstić information content (AvgIpc) is 1.98. The van der Waals surface area contributed by atoms with Gasteiger partial charge in [-0.1, -0.05) is 40.0 Å². The highest BCUT2D eigenvalue weighted by atomic mass is 32.2. The van der Waals surface area contributed by atoms with E-state index < -0.39 is 16.4 Å². The molecule has 16 heavy (non-hydrogen) atoms. The summed E-state index contributed by atoms with van der Waals surface area (Å²) in [6.07, 6.45) is 3.36. The Labute approximate surface area is 99.1 Å². The van der Waals surface area contributed by atoms with Crippen molar-refractivity contribution in [3.8, 4) is 0 Å². The topological polar surface area (TPSA) is 63.6 Å². The van der Waals surface area contributed by atoms with Crippen LogP contribution in [0.4, 0.5) is 0 Å². The molecule has 2 atom stereocenters. The van der Waals surface area contributed by atoms with Gasteiger partial charge in [-0.05, 0) is 11.8 Å². The van der Waals surface area contributed by atoms with Crippen molar-refractivity contribution in [1.29, 1.82) is 0 Å². The van der Waals surface area contributed by atoms with E-state index in [9.17, 15) is 13.5 Å². The first kappa shape index (κ1) is 15.9. The van der Waals surface area contributed by atoms with Gasteiger partial charge in [0.2, 0.25) is 0 Å². The maximum atomic E-state index is 10.7. The molecule has 0 aromatic rings. The molecule has 0 aliphatic carbocycles. The number of rotatable bonds is 8. The maximum absolute atomic E-state index is 10.7. The lowest BCUT2D eigenvalue weighted by molar-refractivity contribution is -0.0279. The summed E-state index contributed by atoms with van der Waals surface area (Å²) < 4.78 is 26.0. The third kappa shape index (κ3) is 10.4. The smallest absolute Gasteiger partial charge is 0.266 e. The zero-order chi connectivity index (χ0) is 12.8. The van der Waals surface area contributed by atoms with E-state index in [4.69, 9.17) is 0 Å². The molecule has 1 N–H and O–H groups in total. The number of aliphatic hydroxyl groups is 1. The molecule has 0 bridgehead atoms. The fraction of sp³-hybridized carbons (Fsp3) is 1.00. The molecule has 2 unspecified atom stereocenters. The first-order chi connectivity index (χ1) is 7.20. The van der Waals surface area contributed by atoms with Crippen molar-refractivity contribution in [3.63, 3.8) is 0 Å². The molecule has 0 fully saturated rings. The van der Waals surface area contributed by atoms with Crippen molar-refractivity contribution in [2.24, 2.45) is 11.8 Å². The van der Waals surface area contributed by atoms with Gasteiger partial charge < -0.3 is 5.11 Å². The lowest BCUT2D eigenvalue weighted by atomic mass is 9.97. The molecule has 0 saturated heterocycles. The monoisotopic (exact) mass is 252 g/mol. The van der Waals surface area contributed by atoms with E-state index in [2.05, 4.69) is 18.0 Å². The highest BCUT2D eigenvalue weighted by Crippen LogP contribution is 2.17. The van der Waals surface area contributed by atoms with Gasteiger partial charge in [-0.2, -0.15) is 8.42 Å². The van der Waals surface area contributed by atoms with Crippen LogP contribution in [0.15, 0.2) is 0 Å². The molecule has 0 amide bonds. The quantitative estimate of drug-likeness (QED) is 0.531. The van der Waals surface area contributed by atoms with Gasteiger partial charge in [-0.15, -0.1) is 0 Å². The molecule has 0 radical (unpaired) electrons. The summed E-state index contributed by atoms with van der Waals surface area (Å²) in [7, 11) is -3.55. The van der Waals surface area contributed by atoms with Crippen LogP contribution in [-0.4, -0.2) is 26.1 Å². The second-order valence-electron chi connectivity index (χ2n) is 4.92. The zero-order valence-corrected chi connectivity index (χ0v) is 11.5. The third-order valence-electron chi connectivity index (χ3n) is 2.37. The van der Waals surface area contributed by atoms with Crippen molar-refractivity contribution in [3.05, 3.63) is 0 Å². The Morgan fingerprint density at radius 2 is 1.75 bits per heavy atom. The maximum Gasteiger partial charge on any atom is 0.266 e. The van der Waals surface area contributed by atoms with Crippen LogP contribution in [0.3, 0.4) is 0 Å². The van der Waals surface area contributed by atoms with Crippen LogP contribution in [0, 0.1) is 11.8 Å². The SMILES string of the molecule is CC(C)CCCC(C)CC(O)OS(C)(=O)=O. The highest BCUT2D eigenvalue weighted by Gasteiger charge is 2.15. The molecule has 98 valence electrons. The van der Waals surface area contributed by atoms with Crippen LogP contribution in [-0.2, 0) is 14.3 Å². The predicted octanol–water partition coefficient (Wildman–Crippen LogP) is 2.13. The average molecular weight is 252 g/mol. The highest BCUT2D eigenvalue weighted by molar-refractivity contribution is 7.86. The Balaban J connectivity index is 3.74. The molecular weight excluding hydrogens is 228 g/mol. The predicted molar refractivity (Wildman–Crippen MR) is 64.4 cm³/mol. The van der Waals surface area contributed by atoms with E-state index in [-0.39, 0.29) is 5.92 Å². The van der Waals surface area contributed by atoms with Crippen molar-refractivity contribution in [2.45, 2.75) is 52.7 Å². The van der Waals surface area contributed by atoms with Crippen LogP contribution in [0.2, 0.25) is 0 Å². The van der Waals surface area contributed by atoms with Gasteiger partial charge in [-0.25, -0.2) is 4.18 Å². The van der Waals surface area contributed by atoms with Gasteiger partial charge in [-0.3, -0.25) is 0 Å². The van der Waals surface area contributed by atoms with E-state index in [1.807, 2.05) is 6.92 Å². The minimum atomic E-state index is -3.55. The van der Waals surface area contributed by atoms with Gasteiger partial charge in [0, 0.05) is 6.42 Å². The van der Waals surface area contributed by atoms with Gasteiger partial charge in [0.25, 0.3) is 10.1 Å². The van der Waals surface area contributed by atoms with E-state index in [0.29, 0.717) is 12.3 Å². The number of hydrogen-bond acceptors (Lipinski definition) is 4. The second kappa shape index (κ2) is 7.25. The van der Waals surface area contributed by atoms with Gasteiger partial charge in [0.15, 0.2) is 6.29 Å².